The van der Waals surface area contributed by atoms with Crippen LogP contribution in [0.25, 0.3) is 0 Å². The van der Waals surface area contributed by atoms with Gasteiger partial charge >= 0.3 is 12.1 Å². The molecule has 0 amide bonds. The Morgan fingerprint density at radius 3 is 2.38 bits per heavy atom. The summed E-state index contributed by atoms with van der Waals surface area (Å²) in [6.07, 6.45) is -2.01. The van der Waals surface area contributed by atoms with Gasteiger partial charge in [-0.15, -0.1) is 0 Å². The maximum absolute atomic E-state index is 12.0. The van der Waals surface area contributed by atoms with E-state index in [1.165, 1.54) is 6.92 Å². The van der Waals surface area contributed by atoms with Crippen molar-refractivity contribution in [3.05, 3.63) is 48.0 Å². The van der Waals surface area contributed by atoms with Crippen LogP contribution in [0.15, 0.2) is 42.5 Å². The lowest BCUT2D eigenvalue weighted by molar-refractivity contribution is -0.459. The van der Waals surface area contributed by atoms with Crippen LogP contribution in [0.4, 0.5) is 4.79 Å². The number of benzene rings is 1. The molecule has 0 spiro atoms. The van der Waals surface area contributed by atoms with E-state index >= 15 is 0 Å². The van der Waals surface area contributed by atoms with Gasteiger partial charge in [0.2, 0.25) is 6.29 Å². The first-order valence-electron chi connectivity index (χ1n) is 7.41. The van der Waals surface area contributed by atoms with Gasteiger partial charge in [0.05, 0.1) is 5.04 Å². The van der Waals surface area contributed by atoms with Gasteiger partial charge in [-0.3, -0.25) is 4.89 Å². The van der Waals surface area contributed by atoms with E-state index in [0.29, 0.717) is 6.61 Å². The zero-order valence-electron chi connectivity index (χ0n) is 14.2. The minimum atomic E-state index is -1.20. The minimum Gasteiger partial charge on any atom is -0.403 e. The predicted octanol–water partition coefficient (Wildman–Crippen LogP) is 3.45. The lowest BCUT2D eigenvalue weighted by Gasteiger charge is -2.25. The van der Waals surface area contributed by atoms with Crippen LogP contribution in [0, 0.1) is 0 Å². The molecule has 1 rings (SSSR count). The molecule has 1 aromatic carbocycles. The van der Waals surface area contributed by atoms with Gasteiger partial charge < -0.3 is 9.47 Å². The number of rotatable bonds is 8. The quantitative estimate of drug-likeness (QED) is 0.236. The van der Waals surface area contributed by atoms with Crippen molar-refractivity contribution in [2.75, 3.05) is 6.61 Å². The summed E-state index contributed by atoms with van der Waals surface area (Å²) in [6.45, 7) is 10.9. The second kappa shape index (κ2) is 9.05. The molecule has 7 nitrogen and oxygen atoms in total. The smallest absolute Gasteiger partial charge is 0.403 e. The molecule has 0 saturated carbocycles. The Morgan fingerprint density at radius 2 is 1.79 bits per heavy atom. The molecule has 0 aliphatic rings. The van der Waals surface area contributed by atoms with Gasteiger partial charge in [-0.1, -0.05) is 50.8 Å². The molecule has 0 bridgehead atoms. The SMILES string of the molecule is C=C(C(=O)OOOC(=O)OC(C)OCC)C(C)(C)c1ccccc1. The van der Waals surface area contributed by atoms with Crippen molar-refractivity contribution in [3.8, 4) is 0 Å². The monoisotopic (exact) mass is 338 g/mol. The summed E-state index contributed by atoms with van der Waals surface area (Å²) >= 11 is 0. The van der Waals surface area contributed by atoms with E-state index in [2.05, 4.69) is 26.1 Å². The highest BCUT2D eigenvalue weighted by atomic mass is 17.5. The van der Waals surface area contributed by atoms with E-state index in [0.717, 1.165) is 5.56 Å². The van der Waals surface area contributed by atoms with Crippen LogP contribution in [-0.4, -0.2) is 25.0 Å². The molecule has 1 atom stereocenters. The molecular weight excluding hydrogens is 316 g/mol. The molecule has 0 N–H and O–H groups in total. The average molecular weight is 338 g/mol. The number of hydrogen-bond acceptors (Lipinski definition) is 7. The van der Waals surface area contributed by atoms with Gasteiger partial charge in [-0.2, -0.15) is 0 Å². The molecule has 24 heavy (non-hydrogen) atoms. The van der Waals surface area contributed by atoms with Gasteiger partial charge in [-0.25, -0.2) is 14.5 Å². The molecule has 1 aromatic rings. The fraction of sp³-hybridized carbons (Fsp3) is 0.412. The van der Waals surface area contributed by atoms with Crippen molar-refractivity contribution >= 4 is 12.1 Å². The summed E-state index contributed by atoms with van der Waals surface area (Å²) in [4.78, 5) is 31.8. The number of carbonyl (C=O) groups excluding carboxylic acids is 2. The Hall–Kier alpha value is -2.38. The molecule has 0 aliphatic heterocycles. The summed E-state index contributed by atoms with van der Waals surface area (Å²) in [7, 11) is 0. The number of carbonyl (C=O) groups is 2. The zero-order chi connectivity index (χ0) is 18.2. The highest BCUT2D eigenvalue weighted by Crippen LogP contribution is 2.30. The Kier molecular flexibility index (Phi) is 7.41. The Balaban J connectivity index is 2.48. The molecule has 0 heterocycles. The molecule has 0 aromatic heterocycles. The van der Waals surface area contributed by atoms with Gasteiger partial charge in [0.25, 0.3) is 0 Å². The summed E-state index contributed by atoms with van der Waals surface area (Å²) < 4.78 is 9.62. The predicted molar refractivity (Wildman–Crippen MR) is 84.4 cm³/mol. The fourth-order valence-electron chi connectivity index (χ4n) is 1.83. The van der Waals surface area contributed by atoms with E-state index in [-0.39, 0.29) is 5.57 Å². The molecule has 0 radical (unpaired) electrons. The second-order valence-electron chi connectivity index (χ2n) is 5.38. The molecule has 1 unspecified atom stereocenters. The standard InChI is InChI=1S/C17H22O7/c1-6-20-13(3)21-16(19)23-24-22-15(18)12(2)17(4,5)14-10-8-7-9-11-14/h7-11,13H,2,6H2,1,3-5H3. The Bertz CT molecular complexity index is 566. The summed E-state index contributed by atoms with van der Waals surface area (Å²) in [6, 6.07) is 9.30. The topological polar surface area (TPSA) is 80.3 Å². The van der Waals surface area contributed by atoms with Crippen molar-refractivity contribution in [2.45, 2.75) is 39.4 Å². The van der Waals surface area contributed by atoms with Crippen molar-refractivity contribution < 1.29 is 33.9 Å². The molecule has 7 heteroatoms. The lowest BCUT2D eigenvalue weighted by Crippen LogP contribution is -2.27. The van der Waals surface area contributed by atoms with E-state index in [9.17, 15) is 9.59 Å². The number of ether oxygens (including phenoxy) is 2. The lowest BCUT2D eigenvalue weighted by atomic mass is 9.78. The van der Waals surface area contributed by atoms with Crippen LogP contribution in [0.5, 0.6) is 0 Å². The highest BCUT2D eigenvalue weighted by molar-refractivity contribution is 5.90. The normalized spacial score (nSPS) is 12.2. The van der Waals surface area contributed by atoms with Gasteiger partial charge in [0, 0.05) is 17.6 Å². The molecule has 132 valence electrons. The largest absolute Gasteiger partial charge is 0.545 e. The second-order valence-corrected chi connectivity index (χ2v) is 5.38. The van der Waals surface area contributed by atoms with Crippen LogP contribution in [0.2, 0.25) is 0 Å². The van der Waals surface area contributed by atoms with Gasteiger partial charge in [0.1, 0.15) is 0 Å². The first-order valence-corrected chi connectivity index (χ1v) is 7.41. The average Bonchev–Trinajstić information content (AvgIpc) is 2.54. The number of hydrogen-bond donors (Lipinski definition) is 0. The summed E-state index contributed by atoms with van der Waals surface area (Å²) in [5.74, 6) is -0.866. The third-order valence-electron chi connectivity index (χ3n) is 3.37. The first kappa shape index (κ1) is 19.7. The summed E-state index contributed by atoms with van der Waals surface area (Å²) in [5.41, 5.74) is 0.317. The van der Waals surface area contributed by atoms with Crippen LogP contribution < -0.4 is 0 Å². The van der Waals surface area contributed by atoms with Crippen molar-refractivity contribution in [3.63, 3.8) is 0 Å². The third-order valence-corrected chi connectivity index (χ3v) is 3.37. The van der Waals surface area contributed by atoms with Crippen LogP contribution in [0.3, 0.4) is 0 Å². The van der Waals surface area contributed by atoms with E-state index in [1.54, 1.807) is 6.92 Å². The van der Waals surface area contributed by atoms with Crippen molar-refractivity contribution in [1.29, 1.82) is 0 Å². The molecule has 0 saturated heterocycles. The summed E-state index contributed by atoms with van der Waals surface area (Å²) in [5, 5.41) is 4.15. The Morgan fingerprint density at radius 1 is 1.17 bits per heavy atom. The van der Waals surface area contributed by atoms with Gasteiger partial charge in [-0.05, 0) is 19.4 Å². The maximum atomic E-state index is 12.0. The van der Waals surface area contributed by atoms with E-state index < -0.39 is 23.8 Å². The molecule has 0 fully saturated rings. The fourth-order valence-corrected chi connectivity index (χ4v) is 1.83. The van der Waals surface area contributed by atoms with Crippen LogP contribution in [-0.2, 0) is 34.5 Å². The third kappa shape index (κ3) is 5.68. The molecule has 0 aliphatic carbocycles. The van der Waals surface area contributed by atoms with E-state index in [4.69, 9.17) is 4.74 Å². The highest BCUT2D eigenvalue weighted by Gasteiger charge is 2.31. The minimum absolute atomic E-state index is 0.133. The molecular formula is C17H22O7. The Labute approximate surface area is 141 Å². The van der Waals surface area contributed by atoms with Crippen molar-refractivity contribution in [1.82, 2.24) is 0 Å². The first-order chi connectivity index (χ1) is 11.3. The van der Waals surface area contributed by atoms with E-state index in [1.807, 2.05) is 44.2 Å². The van der Waals surface area contributed by atoms with Crippen LogP contribution >= 0.6 is 0 Å². The maximum Gasteiger partial charge on any atom is 0.545 e. The van der Waals surface area contributed by atoms with Crippen molar-refractivity contribution in [2.24, 2.45) is 0 Å². The van der Waals surface area contributed by atoms with Gasteiger partial charge in [0.15, 0.2) is 0 Å². The van der Waals surface area contributed by atoms with Crippen LogP contribution in [0.1, 0.15) is 33.3 Å². The zero-order valence-corrected chi connectivity index (χ0v) is 14.2.